The van der Waals surface area contributed by atoms with Crippen molar-refractivity contribution in [2.24, 2.45) is 0 Å². The molecule has 22 heavy (non-hydrogen) atoms. The van der Waals surface area contributed by atoms with E-state index in [0.29, 0.717) is 5.56 Å². The molecule has 112 valence electrons. The summed E-state index contributed by atoms with van der Waals surface area (Å²) in [4.78, 5) is 39.8. The lowest BCUT2D eigenvalue weighted by atomic mass is 10.1. The molecule has 0 saturated carbocycles. The van der Waals surface area contributed by atoms with Gasteiger partial charge in [0.25, 0.3) is 0 Å². The number of ketones is 1. The monoisotopic (exact) mass is 297 g/mol. The van der Waals surface area contributed by atoms with Crippen LogP contribution in [0.15, 0.2) is 60.7 Å². The molecule has 0 spiro atoms. The minimum atomic E-state index is -0.143. The molecule has 0 aromatic heterocycles. The summed E-state index contributed by atoms with van der Waals surface area (Å²) in [5.41, 5.74) is 1.40. The normalized spacial score (nSPS) is 8.91. The molecule has 0 heterocycles. The van der Waals surface area contributed by atoms with Crippen LogP contribution in [0.3, 0.4) is 0 Å². The first kappa shape index (κ1) is 17.0. The summed E-state index contributed by atoms with van der Waals surface area (Å²) >= 11 is 0. The maximum Gasteiger partial charge on any atom is 0.373 e. The average Bonchev–Trinajstić information content (AvgIpc) is 2.55. The van der Waals surface area contributed by atoms with Crippen LogP contribution >= 0.6 is 0 Å². The first-order valence-corrected chi connectivity index (χ1v) is 6.59. The fraction of sp³-hybridized carbons (Fsp3) is 0.118. The molecule has 2 aromatic carbocycles. The third-order valence-corrected chi connectivity index (χ3v) is 2.73. The van der Waals surface area contributed by atoms with Crippen molar-refractivity contribution in [2.75, 3.05) is 5.32 Å². The number of hydrogen-bond donors (Lipinski definition) is 1. The molecule has 0 bridgehead atoms. The minimum Gasteiger partial charge on any atom is -0.326 e. The van der Waals surface area contributed by atoms with Crippen molar-refractivity contribution in [3.8, 4) is 0 Å². The number of para-hydroxylation sites is 1. The Hall–Kier alpha value is -3.04. The number of carbonyl (C=O) groups excluding carboxylic acids is 4. The van der Waals surface area contributed by atoms with Gasteiger partial charge in [-0.25, -0.2) is 0 Å². The van der Waals surface area contributed by atoms with Gasteiger partial charge in [-0.1, -0.05) is 48.5 Å². The van der Waals surface area contributed by atoms with Crippen LogP contribution in [0.5, 0.6) is 0 Å². The van der Waals surface area contributed by atoms with Crippen LogP contribution < -0.4 is 5.32 Å². The molecule has 2 aromatic rings. The Labute approximate surface area is 128 Å². The number of Topliss-reactive ketones (excluding diaryl/α,β-unsaturated/α-hetero) is 1. The number of benzene rings is 2. The molecule has 2 rings (SSSR count). The molecule has 0 aliphatic heterocycles. The second-order valence-electron chi connectivity index (χ2n) is 4.29. The zero-order valence-corrected chi connectivity index (χ0v) is 11.8. The number of rotatable bonds is 5. The highest BCUT2D eigenvalue weighted by Crippen LogP contribution is 2.08. The summed E-state index contributed by atoms with van der Waals surface area (Å²) in [6.45, 7) is 0. The second-order valence-corrected chi connectivity index (χ2v) is 4.29. The highest BCUT2D eigenvalue weighted by atomic mass is 16.2. The van der Waals surface area contributed by atoms with E-state index in [1.54, 1.807) is 12.1 Å². The SMILES string of the molecule is O=C(CCC(=O)c1ccccc1)Nc1ccccc1.O=C=O. The van der Waals surface area contributed by atoms with E-state index in [4.69, 9.17) is 9.59 Å². The van der Waals surface area contributed by atoms with Crippen molar-refractivity contribution < 1.29 is 19.2 Å². The van der Waals surface area contributed by atoms with E-state index in [-0.39, 0.29) is 30.7 Å². The Bertz CT molecular complexity index is 632. The maximum atomic E-state index is 11.8. The molecule has 1 amide bonds. The van der Waals surface area contributed by atoms with Gasteiger partial charge in [-0.2, -0.15) is 9.59 Å². The Kier molecular flexibility index (Phi) is 7.58. The molecule has 1 N–H and O–H groups in total. The number of hydrogen-bond acceptors (Lipinski definition) is 4. The molecule has 0 saturated heterocycles. The van der Waals surface area contributed by atoms with E-state index in [0.717, 1.165) is 5.69 Å². The summed E-state index contributed by atoms with van der Waals surface area (Å²) < 4.78 is 0. The molecule has 0 aliphatic carbocycles. The van der Waals surface area contributed by atoms with Gasteiger partial charge in [-0.15, -0.1) is 0 Å². The van der Waals surface area contributed by atoms with Crippen LogP contribution in [0, 0.1) is 0 Å². The number of amides is 1. The van der Waals surface area contributed by atoms with Gasteiger partial charge in [0, 0.05) is 24.1 Å². The molecule has 5 heteroatoms. The smallest absolute Gasteiger partial charge is 0.326 e. The van der Waals surface area contributed by atoms with E-state index in [9.17, 15) is 9.59 Å². The summed E-state index contributed by atoms with van der Waals surface area (Å²) in [6.07, 6.45) is 0.672. The summed E-state index contributed by atoms with van der Waals surface area (Å²) in [7, 11) is 0. The van der Waals surface area contributed by atoms with Crippen molar-refractivity contribution >= 4 is 23.5 Å². The van der Waals surface area contributed by atoms with Gasteiger partial charge in [-0.05, 0) is 12.1 Å². The van der Waals surface area contributed by atoms with Crippen LogP contribution in [-0.4, -0.2) is 17.8 Å². The summed E-state index contributed by atoms with van der Waals surface area (Å²) in [5.74, 6) is -0.153. The number of nitrogens with one attached hydrogen (secondary N) is 1. The third kappa shape index (κ3) is 6.41. The van der Waals surface area contributed by atoms with Crippen LogP contribution in [0.25, 0.3) is 0 Å². The van der Waals surface area contributed by atoms with Crippen molar-refractivity contribution in [1.82, 2.24) is 0 Å². The summed E-state index contributed by atoms with van der Waals surface area (Å²) in [5, 5.41) is 2.76. The Morgan fingerprint density at radius 2 is 1.32 bits per heavy atom. The van der Waals surface area contributed by atoms with Crippen LogP contribution in [0.4, 0.5) is 5.69 Å². The van der Waals surface area contributed by atoms with Gasteiger partial charge in [-0.3, -0.25) is 9.59 Å². The van der Waals surface area contributed by atoms with E-state index in [1.165, 1.54) is 0 Å². The minimum absolute atomic E-state index is 0.0104. The first-order chi connectivity index (χ1) is 10.7. The van der Waals surface area contributed by atoms with Gasteiger partial charge in [0.2, 0.25) is 5.91 Å². The van der Waals surface area contributed by atoms with Crippen molar-refractivity contribution in [2.45, 2.75) is 12.8 Å². The average molecular weight is 297 g/mol. The standard InChI is InChI=1S/C16H15NO2.CO2/c18-15(13-7-3-1-4-8-13)11-12-16(19)17-14-9-5-2-6-10-14;2-1-3/h1-10H,11-12H2,(H,17,19);. The van der Waals surface area contributed by atoms with Crippen LogP contribution in [-0.2, 0) is 14.4 Å². The first-order valence-electron chi connectivity index (χ1n) is 6.59. The quantitative estimate of drug-likeness (QED) is 0.860. The van der Waals surface area contributed by atoms with Gasteiger partial charge in [0.05, 0.1) is 0 Å². The Morgan fingerprint density at radius 3 is 1.86 bits per heavy atom. The predicted molar refractivity (Wildman–Crippen MR) is 80.1 cm³/mol. The van der Waals surface area contributed by atoms with Crippen molar-refractivity contribution in [1.29, 1.82) is 0 Å². The molecule has 0 fully saturated rings. The van der Waals surface area contributed by atoms with Gasteiger partial charge >= 0.3 is 6.15 Å². The highest BCUT2D eigenvalue weighted by molar-refractivity contribution is 5.99. The van der Waals surface area contributed by atoms with Crippen molar-refractivity contribution in [3.63, 3.8) is 0 Å². The lowest BCUT2D eigenvalue weighted by Gasteiger charge is -2.04. The second kappa shape index (κ2) is 9.80. The van der Waals surface area contributed by atoms with Crippen LogP contribution in [0.1, 0.15) is 23.2 Å². The van der Waals surface area contributed by atoms with Crippen LogP contribution in [0.2, 0.25) is 0 Å². The lowest BCUT2D eigenvalue weighted by Crippen LogP contribution is -2.13. The topological polar surface area (TPSA) is 80.3 Å². The van der Waals surface area contributed by atoms with Gasteiger partial charge < -0.3 is 5.32 Å². The fourth-order valence-electron chi connectivity index (χ4n) is 1.74. The molecule has 0 radical (unpaired) electrons. The van der Waals surface area contributed by atoms with E-state index >= 15 is 0 Å². The zero-order chi connectivity index (χ0) is 16.2. The van der Waals surface area contributed by atoms with Gasteiger partial charge in [0.1, 0.15) is 0 Å². The summed E-state index contributed by atoms with van der Waals surface area (Å²) in [6, 6.07) is 18.2. The number of anilines is 1. The molecule has 5 nitrogen and oxygen atoms in total. The van der Waals surface area contributed by atoms with E-state index < -0.39 is 0 Å². The largest absolute Gasteiger partial charge is 0.373 e. The van der Waals surface area contributed by atoms with Crippen molar-refractivity contribution in [3.05, 3.63) is 66.2 Å². The van der Waals surface area contributed by atoms with Gasteiger partial charge in [0.15, 0.2) is 5.78 Å². The molecule has 0 atom stereocenters. The Morgan fingerprint density at radius 1 is 0.818 bits per heavy atom. The molecular weight excluding hydrogens is 282 g/mol. The molecule has 0 aliphatic rings. The van der Waals surface area contributed by atoms with E-state index in [2.05, 4.69) is 5.32 Å². The van der Waals surface area contributed by atoms with E-state index in [1.807, 2.05) is 48.5 Å². The fourth-order valence-corrected chi connectivity index (χ4v) is 1.74. The Balaban J connectivity index is 0.000000745. The molecule has 0 unspecified atom stereocenters. The third-order valence-electron chi connectivity index (χ3n) is 2.73. The zero-order valence-electron chi connectivity index (χ0n) is 11.8. The predicted octanol–water partition coefficient (Wildman–Crippen LogP) is 2.70. The molecular formula is C17H15NO4. The lowest BCUT2D eigenvalue weighted by molar-refractivity contribution is -0.191. The highest BCUT2D eigenvalue weighted by Gasteiger charge is 2.08. The maximum absolute atomic E-state index is 11.8. The number of carbonyl (C=O) groups is 2.